The van der Waals surface area contributed by atoms with Crippen LogP contribution in [0.1, 0.15) is 37.3 Å². The highest BCUT2D eigenvalue weighted by atomic mass is 35.5. The Labute approximate surface area is 193 Å². The summed E-state index contributed by atoms with van der Waals surface area (Å²) in [5.41, 5.74) is 1.36. The number of rotatable bonds is 7. The van der Waals surface area contributed by atoms with Crippen molar-refractivity contribution in [1.29, 1.82) is 0 Å². The lowest BCUT2D eigenvalue weighted by Gasteiger charge is -2.17. The van der Waals surface area contributed by atoms with Gasteiger partial charge in [-0.15, -0.1) is 0 Å². The van der Waals surface area contributed by atoms with Gasteiger partial charge in [0.1, 0.15) is 11.1 Å². The number of nitrogens with one attached hydrogen (secondary N) is 3. The summed E-state index contributed by atoms with van der Waals surface area (Å²) in [6, 6.07) is 1.61. The summed E-state index contributed by atoms with van der Waals surface area (Å²) in [4.78, 5) is 20.7. The summed E-state index contributed by atoms with van der Waals surface area (Å²) in [5, 5.41) is 13.1. The van der Waals surface area contributed by atoms with E-state index >= 15 is 0 Å². The van der Waals surface area contributed by atoms with E-state index in [-0.39, 0.29) is 12.1 Å². The molecule has 3 N–H and O–H groups in total. The van der Waals surface area contributed by atoms with Gasteiger partial charge in [0.15, 0.2) is 23.7 Å². The molecule has 2 fully saturated rings. The van der Waals surface area contributed by atoms with E-state index in [0.29, 0.717) is 40.4 Å². The molecule has 1 aliphatic carbocycles. The van der Waals surface area contributed by atoms with Crippen LogP contribution in [0.25, 0.3) is 5.65 Å². The van der Waals surface area contributed by atoms with Crippen LogP contribution in [0.2, 0.25) is 5.02 Å². The van der Waals surface area contributed by atoms with Gasteiger partial charge in [-0.1, -0.05) is 11.6 Å². The molecule has 0 aromatic carbocycles. The maximum Gasteiger partial charge on any atom is 0.408 e. The van der Waals surface area contributed by atoms with Crippen molar-refractivity contribution in [3.63, 3.8) is 0 Å². The van der Waals surface area contributed by atoms with E-state index in [9.17, 15) is 9.18 Å². The zero-order valence-electron chi connectivity index (χ0n) is 18.0. The summed E-state index contributed by atoms with van der Waals surface area (Å²) < 4.78 is 32.5. The van der Waals surface area contributed by atoms with Crippen molar-refractivity contribution < 1.29 is 23.4 Å². The second-order valence-electron chi connectivity index (χ2n) is 8.45. The highest BCUT2D eigenvalue weighted by Gasteiger charge is 2.44. The van der Waals surface area contributed by atoms with E-state index in [2.05, 4.69) is 30.8 Å². The number of amides is 1. The number of hydrogen-bond donors (Lipinski definition) is 3. The minimum Gasteiger partial charge on any atom is -0.441 e. The maximum absolute atomic E-state index is 15.0. The van der Waals surface area contributed by atoms with E-state index in [4.69, 9.17) is 25.8 Å². The summed E-state index contributed by atoms with van der Waals surface area (Å²) in [6.07, 6.45) is 0.879. The van der Waals surface area contributed by atoms with Gasteiger partial charge in [-0.3, -0.25) is 9.50 Å². The maximum atomic E-state index is 15.0. The Morgan fingerprint density at radius 3 is 3.06 bits per heavy atom. The molecular formula is C20H23ClFN7O4. The number of methoxy groups -OCH3 is 1. The fourth-order valence-electron chi connectivity index (χ4n) is 3.63. The lowest BCUT2D eigenvalue weighted by atomic mass is 10.1. The van der Waals surface area contributed by atoms with Crippen LogP contribution in [0.5, 0.6) is 0 Å². The van der Waals surface area contributed by atoms with Crippen molar-refractivity contribution in [2.75, 3.05) is 19.0 Å². The third kappa shape index (κ3) is 4.45. The van der Waals surface area contributed by atoms with E-state index in [1.54, 1.807) is 23.8 Å². The van der Waals surface area contributed by atoms with Crippen molar-refractivity contribution in [3.8, 4) is 0 Å². The lowest BCUT2D eigenvalue weighted by molar-refractivity contribution is 0.0604. The molecule has 5 rings (SSSR count). The average molecular weight is 480 g/mol. The van der Waals surface area contributed by atoms with Crippen LogP contribution >= 0.6 is 11.6 Å². The summed E-state index contributed by atoms with van der Waals surface area (Å²) in [7, 11) is 1.58. The standard InChI is InChI=1S/C20H23ClFN7O4/c1-20(3-4-20)26-19(30)33-13-9-32-16(15(13)22)12-5-14(28-27-12)25-18-23-6-11(21)17-24-10(8-31-2)7-29(17)18/h5-7,13,15-16H,3-4,8-9H2,1-2H3,(H,26,30)(H2,23,25,27,28)/t13-,15-,16-/m0/s1. The van der Waals surface area contributed by atoms with Gasteiger partial charge < -0.3 is 24.8 Å². The number of alkyl halides is 1. The van der Waals surface area contributed by atoms with Crippen molar-refractivity contribution in [3.05, 3.63) is 34.9 Å². The molecule has 11 nitrogen and oxygen atoms in total. The van der Waals surface area contributed by atoms with Gasteiger partial charge in [-0.25, -0.2) is 19.2 Å². The van der Waals surface area contributed by atoms with Gasteiger partial charge >= 0.3 is 6.09 Å². The molecule has 13 heteroatoms. The number of fused-ring (bicyclic) bond motifs is 1. The van der Waals surface area contributed by atoms with Crippen LogP contribution in [-0.2, 0) is 20.8 Å². The monoisotopic (exact) mass is 479 g/mol. The van der Waals surface area contributed by atoms with Crippen molar-refractivity contribution in [2.45, 2.75) is 50.3 Å². The largest absolute Gasteiger partial charge is 0.441 e. The number of carbonyl (C=O) groups excluding carboxylic acids is 1. The molecule has 0 radical (unpaired) electrons. The summed E-state index contributed by atoms with van der Waals surface area (Å²) in [5.74, 6) is 0.806. The molecule has 33 heavy (non-hydrogen) atoms. The molecule has 3 atom stereocenters. The Hall–Kier alpha value is -2.96. The van der Waals surface area contributed by atoms with E-state index in [1.807, 2.05) is 6.92 Å². The average Bonchev–Trinajstić information content (AvgIpc) is 3.15. The molecule has 176 valence electrons. The van der Waals surface area contributed by atoms with Crippen LogP contribution in [-0.4, -0.2) is 62.2 Å². The van der Waals surface area contributed by atoms with Crippen LogP contribution in [0, 0.1) is 0 Å². The molecule has 1 aliphatic heterocycles. The topological polar surface area (TPSA) is 128 Å². The fraction of sp³-hybridized carbons (Fsp3) is 0.500. The molecule has 3 aromatic heterocycles. The van der Waals surface area contributed by atoms with Crippen LogP contribution in [0.15, 0.2) is 18.5 Å². The number of nitrogens with zero attached hydrogens (tertiary/aromatic N) is 4. The van der Waals surface area contributed by atoms with Gasteiger partial charge in [0.2, 0.25) is 5.95 Å². The Bertz CT molecular complexity index is 1180. The molecular weight excluding hydrogens is 457 g/mol. The van der Waals surface area contributed by atoms with Gasteiger partial charge in [0.05, 0.1) is 30.8 Å². The second kappa shape index (κ2) is 8.43. The number of halogens is 2. The number of carbonyl (C=O) groups is 1. The predicted molar refractivity (Wildman–Crippen MR) is 115 cm³/mol. The molecule has 2 aliphatic rings. The van der Waals surface area contributed by atoms with Crippen molar-refractivity contribution in [2.24, 2.45) is 0 Å². The number of aromatic nitrogens is 5. The first kappa shape index (κ1) is 21.9. The van der Waals surface area contributed by atoms with Gasteiger partial charge in [-0.2, -0.15) is 5.10 Å². The molecule has 3 aromatic rings. The van der Waals surface area contributed by atoms with Gasteiger partial charge in [0, 0.05) is 24.9 Å². The predicted octanol–water partition coefficient (Wildman–Crippen LogP) is 3.05. The van der Waals surface area contributed by atoms with Crippen molar-refractivity contribution in [1.82, 2.24) is 29.9 Å². The second-order valence-corrected chi connectivity index (χ2v) is 8.86. The van der Waals surface area contributed by atoms with Crippen LogP contribution in [0.3, 0.4) is 0 Å². The Morgan fingerprint density at radius 1 is 1.48 bits per heavy atom. The zero-order chi connectivity index (χ0) is 23.2. The molecule has 0 spiro atoms. The molecule has 0 bridgehead atoms. The molecule has 1 amide bonds. The highest BCUT2D eigenvalue weighted by Crippen LogP contribution is 2.36. The highest BCUT2D eigenvalue weighted by molar-refractivity contribution is 6.33. The van der Waals surface area contributed by atoms with Crippen molar-refractivity contribution >= 4 is 35.1 Å². The Kier molecular flexibility index (Phi) is 5.59. The first-order valence-electron chi connectivity index (χ1n) is 10.4. The Balaban J connectivity index is 1.27. The fourth-order valence-corrected chi connectivity index (χ4v) is 3.81. The summed E-state index contributed by atoms with van der Waals surface area (Å²) in [6.45, 7) is 2.19. The van der Waals surface area contributed by atoms with E-state index in [1.165, 1.54) is 6.20 Å². The first-order chi connectivity index (χ1) is 15.8. The molecule has 1 saturated heterocycles. The molecule has 1 saturated carbocycles. The zero-order valence-corrected chi connectivity index (χ0v) is 18.7. The van der Waals surface area contributed by atoms with E-state index < -0.39 is 24.5 Å². The number of ether oxygens (including phenoxy) is 3. The quantitative estimate of drug-likeness (QED) is 0.471. The lowest BCUT2D eigenvalue weighted by Crippen LogP contribution is -2.39. The smallest absolute Gasteiger partial charge is 0.408 e. The SMILES string of the molecule is COCc1cn2c(Nc3cc([C@@H]4OC[C@H](OC(=O)NC5(C)CC5)[C@@H]4F)[nH]n3)ncc(Cl)c2n1. The number of anilines is 2. The number of imidazole rings is 1. The number of alkyl carbamates (subject to hydrolysis) is 1. The molecule has 0 unspecified atom stereocenters. The summed E-state index contributed by atoms with van der Waals surface area (Å²) >= 11 is 6.21. The number of hydrogen-bond acceptors (Lipinski definition) is 8. The van der Waals surface area contributed by atoms with Crippen LogP contribution < -0.4 is 10.6 Å². The third-order valence-corrected chi connectivity index (χ3v) is 5.95. The third-order valence-electron chi connectivity index (χ3n) is 5.68. The normalized spacial score (nSPS) is 23.6. The van der Waals surface area contributed by atoms with Gasteiger partial charge in [-0.05, 0) is 19.8 Å². The minimum atomic E-state index is -1.54. The minimum absolute atomic E-state index is 0.0472. The first-order valence-corrected chi connectivity index (χ1v) is 10.8. The number of aromatic amines is 1. The van der Waals surface area contributed by atoms with Gasteiger partial charge in [0.25, 0.3) is 0 Å². The number of H-pyrrole nitrogens is 1. The van der Waals surface area contributed by atoms with E-state index in [0.717, 1.165) is 12.8 Å². The Morgan fingerprint density at radius 2 is 2.30 bits per heavy atom. The molecule has 4 heterocycles. The van der Waals surface area contributed by atoms with Crippen LogP contribution in [0.4, 0.5) is 21.0 Å².